The first-order valence-corrected chi connectivity index (χ1v) is 7.29. The van der Waals surface area contributed by atoms with Crippen LogP contribution in [0.25, 0.3) is 0 Å². The summed E-state index contributed by atoms with van der Waals surface area (Å²) in [6.07, 6.45) is -5.08. The highest BCUT2D eigenvalue weighted by Crippen LogP contribution is 2.17. The molecule has 2 atom stereocenters. The fourth-order valence-electron chi connectivity index (χ4n) is 1.93. The second-order valence-corrected chi connectivity index (χ2v) is 5.11. The number of carbonyl (C=O) groups is 1. The molecule has 0 saturated heterocycles. The molecule has 132 valence electrons. The van der Waals surface area contributed by atoms with Crippen LogP contribution in [-0.4, -0.2) is 36.5 Å². The summed E-state index contributed by atoms with van der Waals surface area (Å²) >= 11 is 0. The molecule has 0 radical (unpaired) electrons. The van der Waals surface area contributed by atoms with Gasteiger partial charge >= 0.3 is 12.1 Å². The van der Waals surface area contributed by atoms with E-state index >= 15 is 0 Å². The summed E-state index contributed by atoms with van der Waals surface area (Å²) in [6.45, 7) is 10.1. The highest BCUT2D eigenvalue weighted by atomic mass is 19.4. The first-order chi connectivity index (χ1) is 10.6. The van der Waals surface area contributed by atoms with Crippen LogP contribution >= 0.6 is 0 Å². The summed E-state index contributed by atoms with van der Waals surface area (Å²) in [5.41, 5.74) is 2.71. The minimum atomic E-state index is -5.08. The maximum atomic E-state index is 10.6. The Kier molecular flexibility index (Phi) is 9.52. The smallest absolute Gasteiger partial charge is 0.475 e. The van der Waals surface area contributed by atoms with Crippen molar-refractivity contribution in [3.05, 3.63) is 35.4 Å². The van der Waals surface area contributed by atoms with Gasteiger partial charge in [0.2, 0.25) is 0 Å². The number of hydrogen-bond donors (Lipinski definition) is 2. The van der Waals surface area contributed by atoms with Gasteiger partial charge in [-0.05, 0) is 38.8 Å². The predicted octanol–water partition coefficient (Wildman–Crippen LogP) is 3.70. The number of carboxylic acids is 1. The van der Waals surface area contributed by atoms with Gasteiger partial charge < -0.3 is 15.2 Å². The summed E-state index contributed by atoms with van der Waals surface area (Å²) < 4.78 is 37.1. The van der Waals surface area contributed by atoms with Crippen molar-refractivity contribution in [2.45, 2.75) is 46.0 Å². The van der Waals surface area contributed by atoms with E-state index in [2.05, 4.69) is 50.4 Å². The van der Waals surface area contributed by atoms with E-state index in [0.29, 0.717) is 12.1 Å². The van der Waals surface area contributed by atoms with Crippen LogP contribution in [0.3, 0.4) is 0 Å². The van der Waals surface area contributed by atoms with Gasteiger partial charge in [-0.3, -0.25) is 0 Å². The van der Waals surface area contributed by atoms with E-state index < -0.39 is 12.1 Å². The zero-order chi connectivity index (χ0) is 18.0. The molecule has 2 N–H and O–H groups in total. The van der Waals surface area contributed by atoms with Crippen molar-refractivity contribution in [2.24, 2.45) is 0 Å². The van der Waals surface area contributed by atoms with E-state index in [4.69, 9.17) is 14.6 Å². The van der Waals surface area contributed by atoms with E-state index in [9.17, 15) is 13.2 Å². The summed E-state index contributed by atoms with van der Waals surface area (Å²) in [5, 5.41) is 10.7. The van der Waals surface area contributed by atoms with Crippen molar-refractivity contribution in [1.29, 1.82) is 0 Å². The molecule has 0 fully saturated rings. The molecule has 0 amide bonds. The molecule has 0 bridgehead atoms. The third-order valence-corrected chi connectivity index (χ3v) is 3.00. The second-order valence-electron chi connectivity index (χ2n) is 5.11. The van der Waals surface area contributed by atoms with Gasteiger partial charge in [0.15, 0.2) is 0 Å². The average Bonchev–Trinajstić information content (AvgIpc) is 2.45. The minimum absolute atomic E-state index is 0.372. The molecule has 0 heterocycles. The van der Waals surface area contributed by atoms with Crippen molar-refractivity contribution in [3.8, 4) is 0 Å². The van der Waals surface area contributed by atoms with Gasteiger partial charge in [0.1, 0.15) is 0 Å². The van der Waals surface area contributed by atoms with Gasteiger partial charge in [0.25, 0.3) is 0 Å². The predicted molar refractivity (Wildman–Crippen MR) is 82.4 cm³/mol. The van der Waals surface area contributed by atoms with Gasteiger partial charge in [0.05, 0.1) is 6.61 Å². The summed E-state index contributed by atoms with van der Waals surface area (Å²) in [5.74, 6) is -2.76. The molecule has 1 rings (SSSR count). The van der Waals surface area contributed by atoms with Crippen LogP contribution in [0, 0.1) is 6.92 Å². The molecule has 4 nitrogen and oxygen atoms in total. The Labute approximate surface area is 134 Å². The number of ether oxygens (including phenoxy) is 1. The van der Waals surface area contributed by atoms with E-state index in [0.717, 1.165) is 13.2 Å². The molecule has 0 saturated carbocycles. The van der Waals surface area contributed by atoms with Gasteiger partial charge in [-0.1, -0.05) is 24.3 Å². The molecule has 1 aromatic carbocycles. The Morgan fingerprint density at radius 3 is 2.26 bits per heavy atom. The monoisotopic (exact) mass is 335 g/mol. The van der Waals surface area contributed by atoms with Crippen molar-refractivity contribution >= 4 is 5.97 Å². The topological polar surface area (TPSA) is 58.6 Å². The number of aryl methyl sites for hydroxylation is 1. The Bertz CT molecular complexity index is 478. The number of alkyl halides is 3. The lowest BCUT2D eigenvalue weighted by Crippen LogP contribution is -2.33. The van der Waals surface area contributed by atoms with E-state index in [1.165, 1.54) is 11.1 Å². The third kappa shape index (κ3) is 9.20. The lowest BCUT2D eigenvalue weighted by atomic mass is 10.0. The number of rotatable bonds is 6. The third-order valence-electron chi connectivity index (χ3n) is 3.00. The van der Waals surface area contributed by atoms with Crippen LogP contribution in [0.1, 0.15) is 37.9 Å². The quantitative estimate of drug-likeness (QED) is 0.832. The highest BCUT2D eigenvalue weighted by molar-refractivity contribution is 5.73. The molecule has 1 aromatic rings. The van der Waals surface area contributed by atoms with Crippen LogP contribution in [0.15, 0.2) is 24.3 Å². The lowest BCUT2D eigenvalue weighted by Gasteiger charge is -2.21. The number of aliphatic carboxylic acids is 1. The molecule has 2 unspecified atom stereocenters. The van der Waals surface area contributed by atoms with Gasteiger partial charge in [-0.15, -0.1) is 0 Å². The first kappa shape index (κ1) is 21.4. The van der Waals surface area contributed by atoms with Gasteiger partial charge in [0, 0.05) is 18.7 Å². The maximum absolute atomic E-state index is 10.6. The summed E-state index contributed by atoms with van der Waals surface area (Å²) in [7, 11) is 0. The molecule has 0 spiro atoms. The summed E-state index contributed by atoms with van der Waals surface area (Å²) in [4.78, 5) is 8.90. The molecular formula is C16H24F3NO3. The minimum Gasteiger partial charge on any atom is -0.475 e. The standard InChI is InChI=1S/C14H23NO.C2HF3O2/c1-5-16-10-12(3)15-13(4)14-9-7-6-8-11(14)2;3-2(4,5)1(6)7/h6-9,12-13,15H,5,10H2,1-4H3;(H,6,7). The van der Waals surface area contributed by atoms with Crippen LogP contribution in [0.5, 0.6) is 0 Å². The maximum Gasteiger partial charge on any atom is 0.490 e. The van der Waals surface area contributed by atoms with Crippen LogP contribution in [0.2, 0.25) is 0 Å². The number of carboxylic acid groups (broad SMARTS) is 1. The fourth-order valence-corrected chi connectivity index (χ4v) is 1.93. The van der Waals surface area contributed by atoms with E-state index in [-0.39, 0.29) is 0 Å². The normalized spacial score (nSPS) is 13.7. The first-order valence-electron chi connectivity index (χ1n) is 7.29. The fraction of sp³-hybridized carbons (Fsp3) is 0.562. The molecule has 0 aliphatic heterocycles. The van der Waals surface area contributed by atoms with Gasteiger partial charge in [-0.25, -0.2) is 4.79 Å². The molecule has 7 heteroatoms. The van der Waals surface area contributed by atoms with Crippen molar-refractivity contribution in [2.75, 3.05) is 13.2 Å². The zero-order valence-corrected chi connectivity index (χ0v) is 13.8. The Hall–Kier alpha value is -1.60. The summed E-state index contributed by atoms with van der Waals surface area (Å²) in [6, 6.07) is 9.26. The van der Waals surface area contributed by atoms with Crippen LogP contribution in [0.4, 0.5) is 13.2 Å². The van der Waals surface area contributed by atoms with Crippen molar-refractivity contribution < 1.29 is 27.8 Å². The van der Waals surface area contributed by atoms with Crippen molar-refractivity contribution in [3.63, 3.8) is 0 Å². The number of nitrogens with one attached hydrogen (secondary N) is 1. The zero-order valence-electron chi connectivity index (χ0n) is 13.8. The number of hydrogen-bond acceptors (Lipinski definition) is 3. The molecule has 23 heavy (non-hydrogen) atoms. The molecule has 0 aromatic heterocycles. The Morgan fingerprint density at radius 2 is 1.83 bits per heavy atom. The number of halogens is 3. The largest absolute Gasteiger partial charge is 0.490 e. The average molecular weight is 335 g/mol. The highest BCUT2D eigenvalue weighted by Gasteiger charge is 2.38. The van der Waals surface area contributed by atoms with Crippen LogP contribution < -0.4 is 5.32 Å². The Balaban J connectivity index is 0.000000585. The number of benzene rings is 1. The second kappa shape index (κ2) is 10.2. The molecule has 0 aliphatic carbocycles. The van der Waals surface area contributed by atoms with Crippen molar-refractivity contribution in [1.82, 2.24) is 5.32 Å². The van der Waals surface area contributed by atoms with Crippen LogP contribution in [-0.2, 0) is 9.53 Å². The molecule has 0 aliphatic rings. The lowest BCUT2D eigenvalue weighted by molar-refractivity contribution is -0.192. The molecular weight excluding hydrogens is 311 g/mol. The van der Waals surface area contributed by atoms with Gasteiger partial charge in [-0.2, -0.15) is 13.2 Å². The Morgan fingerprint density at radius 1 is 1.30 bits per heavy atom. The van der Waals surface area contributed by atoms with E-state index in [1.807, 2.05) is 6.92 Å². The SMILES string of the molecule is CCOCC(C)NC(C)c1ccccc1C.O=C(O)C(F)(F)F. The van der Waals surface area contributed by atoms with E-state index in [1.54, 1.807) is 0 Å².